The summed E-state index contributed by atoms with van der Waals surface area (Å²) in [6, 6.07) is 19.5. The van der Waals surface area contributed by atoms with Gasteiger partial charge in [0.15, 0.2) is 0 Å². The standard InChI is InChI=1S/C22H22N2O2/c1-16-7-12-21-23-20(13-22(25)24(21)14-16)18-8-10-19(11-9-18)26-15-17-5-3-2-4-6-17/h2-6,8-11,13,16H,7,12,14-15H2,1H3/t16-/m0/s1. The van der Waals surface area contributed by atoms with E-state index in [9.17, 15) is 4.79 Å². The van der Waals surface area contributed by atoms with Crippen molar-refractivity contribution in [2.24, 2.45) is 5.92 Å². The number of nitrogens with zero attached hydrogens (tertiary/aromatic N) is 2. The molecular formula is C22H22N2O2. The van der Waals surface area contributed by atoms with E-state index in [1.807, 2.05) is 59.2 Å². The van der Waals surface area contributed by atoms with Crippen molar-refractivity contribution < 1.29 is 4.74 Å². The molecule has 4 heteroatoms. The van der Waals surface area contributed by atoms with Crippen molar-refractivity contribution in [1.29, 1.82) is 0 Å². The van der Waals surface area contributed by atoms with Crippen LogP contribution in [0.25, 0.3) is 11.3 Å². The first kappa shape index (κ1) is 16.6. The van der Waals surface area contributed by atoms with Crippen LogP contribution < -0.4 is 10.3 Å². The maximum Gasteiger partial charge on any atom is 0.254 e. The van der Waals surface area contributed by atoms with E-state index >= 15 is 0 Å². The van der Waals surface area contributed by atoms with Crippen molar-refractivity contribution in [2.75, 3.05) is 0 Å². The van der Waals surface area contributed by atoms with Crippen LogP contribution in [0.1, 0.15) is 24.7 Å². The number of ether oxygens (including phenoxy) is 1. The number of rotatable bonds is 4. The van der Waals surface area contributed by atoms with Gasteiger partial charge in [-0.15, -0.1) is 0 Å². The van der Waals surface area contributed by atoms with Crippen molar-refractivity contribution in [3.05, 3.63) is 82.4 Å². The highest BCUT2D eigenvalue weighted by Crippen LogP contribution is 2.23. The lowest BCUT2D eigenvalue weighted by molar-refractivity contribution is 0.306. The van der Waals surface area contributed by atoms with Gasteiger partial charge in [0.1, 0.15) is 18.2 Å². The number of aryl methyl sites for hydroxylation is 1. The fraction of sp³-hybridized carbons (Fsp3) is 0.273. The third kappa shape index (κ3) is 3.54. The number of benzene rings is 2. The molecule has 0 radical (unpaired) electrons. The van der Waals surface area contributed by atoms with Crippen LogP contribution in [0.5, 0.6) is 5.75 Å². The molecule has 1 atom stereocenters. The van der Waals surface area contributed by atoms with E-state index in [2.05, 4.69) is 6.92 Å². The second-order valence-electron chi connectivity index (χ2n) is 6.95. The summed E-state index contributed by atoms with van der Waals surface area (Å²) in [6.45, 7) is 3.49. The Hall–Kier alpha value is -2.88. The molecule has 26 heavy (non-hydrogen) atoms. The summed E-state index contributed by atoms with van der Waals surface area (Å²) >= 11 is 0. The third-order valence-corrected chi connectivity index (χ3v) is 4.84. The first-order valence-electron chi connectivity index (χ1n) is 9.07. The van der Waals surface area contributed by atoms with Gasteiger partial charge in [-0.25, -0.2) is 4.98 Å². The zero-order chi connectivity index (χ0) is 17.9. The summed E-state index contributed by atoms with van der Waals surface area (Å²) in [5, 5.41) is 0. The molecule has 0 N–H and O–H groups in total. The molecule has 0 bridgehead atoms. The quantitative estimate of drug-likeness (QED) is 0.715. The van der Waals surface area contributed by atoms with Crippen LogP contribution in [-0.4, -0.2) is 9.55 Å². The Morgan fingerprint density at radius 1 is 1.12 bits per heavy atom. The molecule has 4 rings (SSSR count). The second kappa shape index (κ2) is 7.16. The summed E-state index contributed by atoms with van der Waals surface area (Å²) in [5.41, 5.74) is 2.86. The maximum atomic E-state index is 12.4. The first-order valence-corrected chi connectivity index (χ1v) is 9.07. The van der Waals surface area contributed by atoms with Gasteiger partial charge in [0.05, 0.1) is 5.69 Å². The first-order chi connectivity index (χ1) is 12.7. The Kier molecular flexibility index (Phi) is 4.57. The van der Waals surface area contributed by atoms with E-state index in [1.54, 1.807) is 6.07 Å². The number of hydrogen-bond acceptors (Lipinski definition) is 3. The lowest BCUT2D eigenvalue weighted by atomic mass is 10.0. The molecule has 0 unspecified atom stereocenters. The minimum atomic E-state index is 0.0426. The molecule has 0 saturated carbocycles. The van der Waals surface area contributed by atoms with Gasteiger partial charge in [0.25, 0.3) is 5.56 Å². The summed E-state index contributed by atoms with van der Waals surface area (Å²) in [4.78, 5) is 17.2. The molecule has 3 aromatic rings. The average Bonchev–Trinajstić information content (AvgIpc) is 2.68. The van der Waals surface area contributed by atoms with Crippen LogP contribution in [0.4, 0.5) is 0 Å². The van der Waals surface area contributed by atoms with Crippen LogP contribution in [0, 0.1) is 5.92 Å². The molecule has 0 fully saturated rings. The third-order valence-electron chi connectivity index (χ3n) is 4.84. The number of aromatic nitrogens is 2. The van der Waals surface area contributed by atoms with Crippen LogP contribution >= 0.6 is 0 Å². The molecule has 0 amide bonds. The lowest BCUT2D eigenvalue weighted by Gasteiger charge is -2.22. The van der Waals surface area contributed by atoms with Gasteiger partial charge in [-0.05, 0) is 42.2 Å². The maximum absolute atomic E-state index is 12.4. The molecular weight excluding hydrogens is 324 g/mol. The van der Waals surface area contributed by atoms with Crippen molar-refractivity contribution in [3.8, 4) is 17.0 Å². The second-order valence-corrected chi connectivity index (χ2v) is 6.95. The fourth-order valence-electron chi connectivity index (χ4n) is 3.33. The molecule has 0 spiro atoms. The molecule has 1 aromatic heterocycles. The van der Waals surface area contributed by atoms with Crippen molar-refractivity contribution >= 4 is 0 Å². The molecule has 2 heterocycles. The van der Waals surface area contributed by atoms with Gasteiger partial charge >= 0.3 is 0 Å². The van der Waals surface area contributed by atoms with E-state index in [0.717, 1.165) is 47.8 Å². The van der Waals surface area contributed by atoms with E-state index in [1.165, 1.54) is 0 Å². The minimum absolute atomic E-state index is 0.0426. The highest BCUT2D eigenvalue weighted by Gasteiger charge is 2.18. The fourth-order valence-corrected chi connectivity index (χ4v) is 3.33. The Bertz CT molecular complexity index is 946. The zero-order valence-electron chi connectivity index (χ0n) is 14.9. The predicted octanol–water partition coefficient (Wildman–Crippen LogP) is 4.07. The normalized spacial score (nSPS) is 16.1. The summed E-state index contributed by atoms with van der Waals surface area (Å²) in [7, 11) is 0. The SMILES string of the molecule is C[C@H]1CCc2nc(-c3ccc(OCc4ccccc4)cc3)cc(=O)n2C1. The van der Waals surface area contributed by atoms with E-state index in [0.29, 0.717) is 12.5 Å². The molecule has 2 aromatic carbocycles. The van der Waals surface area contributed by atoms with Crippen LogP contribution in [0.3, 0.4) is 0 Å². The monoisotopic (exact) mass is 346 g/mol. The minimum Gasteiger partial charge on any atom is -0.489 e. The average molecular weight is 346 g/mol. The van der Waals surface area contributed by atoms with E-state index < -0.39 is 0 Å². The largest absolute Gasteiger partial charge is 0.489 e. The van der Waals surface area contributed by atoms with Gasteiger partial charge in [-0.2, -0.15) is 0 Å². The highest BCUT2D eigenvalue weighted by molar-refractivity contribution is 5.59. The van der Waals surface area contributed by atoms with E-state index in [4.69, 9.17) is 9.72 Å². The summed E-state index contributed by atoms with van der Waals surface area (Å²) < 4.78 is 7.64. The highest BCUT2D eigenvalue weighted by atomic mass is 16.5. The smallest absolute Gasteiger partial charge is 0.254 e. The van der Waals surface area contributed by atoms with E-state index in [-0.39, 0.29) is 5.56 Å². The van der Waals surface area contributed by atoms with Crippen LogP contribution in [0.2, 0.25) is 0 Å². The van der Waals surface area contributed by atoms with Gasteiger partial charge in [-0.3, -0.25) is 9.36 Å². The van der Waals surface area contributed by atoms with Gasteiger partial charge in [0, 0.05) is 24.6 Å². The van der Waals surface area contributed by atoms with Gasteiger partial charge in [-0.1, -0.05) is 37.3 Å². The Labute approximate surface area is 153 Å². The van der Waals surface area contributed by atoms with Gasteiger partial charge < -0.3 is 4.74 Å². The Morgan fingerprint density at radius 2 is 1.88 bits per heavy atom. The van der Waals surface area contributed by atoms with Crippen molar-refractivity contribution in [3.63, 3.8) is 0 Å². The van der Waals surface area contributed by atoms with Crippen LogP contribution in [-0.2, 0) is 19.6 Å². The van der Waals surface area contributed by atoms with Crippen molar-refractivity contribution in [1.82, 2.24) is 9.55 Å². The zero-order valence-corrected chi connectivity index (χ0v) is 14.9. The summed E-state index contributed by atoms with van der Waals surface area (Å²) in [6.07, 6.45) is 1.95. The molecule has 1 aliphatic rings. The van der Waals surface area contributed by atoms with Gasteiger partial charge in [0.2, 0.25) is 0 Å². The number of fused-ring (bicyclic) bond motifs is 1. The van der Waals surface area contributed by atoms with Crippen LogP contribution in [0.15, 0.2) is 65.5 Å². The molecule has 0 saturated heterocycles. The molecule has 4 nitrogen and oxygen atoms in total. The predicted molar refractivity (Wildman–Crippen MR) is 102 cm³/mol. The van der Waals surface area contributed by atoms with Crippen molar-refractivity contribution in [2.45, 2.75) is 32.9 Å². The number of hydrogen-bond donors (Lipinski definition) is 0. The molecule has 0 aliphatic carbocycles. The molecule has 1 aliphatic heterocycles. The Morgan fingerprint density at radius 3 is 2.65 bits per heavy atom. The molecule has 132 valence electrons. The summed E-state index contributed by atoms with van der Waals surface area (Å²) in [5.74, 6) is 2.24. The topological polar surface area (TPSA) is 44.1 Å². The lowest BCUT2D eigenvalue weighted by Crippen LogP contribution is -2.31. The Balaban J connectivity index is 1.52.